The Morgan fingerprint density at radius 1 is 1.27 bits per heavy atom. The molecule has 0 radical (unpaired) electrons. The van der Waals surface area contributed by atoms with Crippen LogP contribution in [0.4, 0.5) is 0 Å². The molecule has 136 valence electrons. The highest BCUT2D eigenvalue weighted by atomic mass is 79.9. The summed E-state index contributed by atoms with van der Waals surface area (Å²) in [4.78, 5) is 12.3. The zero-order chi connectivity index (χ0) is 18.9. The van der Waals surface area contributed by atoms with E-state index < -0.39 is 5.97 Å². The molecule has 0 aliphatic carbocycles. The Morgan fingerprint density at radius 3 is 2.77 bits per heavy atom. The van der Waals surface area contributed by atoms with E-state index in [1.165, 1.54) is 7.11 Å². The second kappa shape index (κ2) is 9.88. The molecule has 0 saturated carbocycles. The van der Waals surface area contributed by atoms with Crippen LogP contribution in [-0.2, 0) is 0 Å². The molecule has 0 bridgehead atoms. The number of halogens is 1. The van der Waals surface area contributed by atoms with Crippen LogP contribution >= 0.6 is 28.1 Å². The first kappa shape index (κ1) is 19.9. The number of carbonyl (C=O) groups excluding carboxylic acids is 1. The molecular weight excluding hydrogens is 418 g/mol. The SMILES string of the molecule is CCNC(=S)N/N=C\c1ccc(OC(=O)c2cccc(Br)c2)c(OC)c1. The highest BCUT2D eigenvalue weighted by Crippen LogP contribution is 2.28. The van der Waals surface area contributed by atoms with Crippen molar-refractivity contribution in [2.45, 2.75) is 6.92 Å². The Hall–Kier alpha value is -2.45. The molecular formula is C18H18BrN3O3S. The molecule has 2 rings (SSSR count). The van der Waals surface area contributed by atoms with Gasteiger partial charge in [0.2, 0.25) is 0 Å². The Kier molecular flexibility index (Phi) is 7.55. The predicted octanol–water partition coefficient (Wildman–Crippen LogP) is 3.49. The van der Waals surface area contributed by atoms with Crippen molar-refractivity contribution in [3.05, 3.63) is 58.1 Å². The summed E-state index contributed by atoms with van der Waals surface area (Å²) in [5.41, 5.74) is 3.90. The van der Waals surface area contributed by atoms with Crippen LogP contribution in [-0.4, -0.2) is 31.0 Å². The average Bonchev–Trinajstić information content (AvgIpc) is 2.63. The van der Waals surface area contributed by atoms with Crippen LogP contribution in [0.3, 0.4) is 0 Å². The number of ether oxygens (including phenoxy) is 2. The van der Waals surface area contributed by atoms with Crippen LogP contribution in [0.2, 0.25) is 0 Å². The number of benzene rings is 2. The van der Waals surface area contributed by atoms with Crippen molar-refractivity contribution in [2.75, 3.05) is 13.7 Å². The van der Waals surface area contributed by atoms with Crippen molar-refractivity contribution in [3.8, 4) is 11.5 Å². The molecule has 2 aromatic rings. The molecule has 0 saturated heterocycles. The van der Waals surface area contributed by atoms with Gasteiger partial charge in [-0.15, -0.1) is 0 Å². The van der Waals surface area contributed by atoms with Crippen molar-refractivity contribution < 1.29 is 14.3 Å². The number of hydrogen-bond acceptors (Lipinski definition) is 5. The summed E-state index contributed by atoms with van der Waals surface area (Å²) in [6, 6.07) is 12.1. The number of nitrogens with zero attached hydrogens (tertiary/aromatic N) is 1. The number of esters is 1. The van der Waals surface area contributed by atoms with Gasteiger partial charge in [0.15, 0.2) is 16.6 Å². The minimum atomic E-state index is -0.469. The number of thiocarbonyl (C=S) groups is 1. The van der Waals surface area contributed by atoms with Gasteiger partial charge in [-0.1, -0.05) is 22.0 Å². The average molecular weight is 436 g/mol. The third kappa shape index (κ3) is 5.82. The first-order valence-corrected chi connectivity index (χ1v) is 8.96. The van der Waals surface area contributed by atoms with E-state index in [-0.39, 0.29) is 0 Å². The third-order valence-electron chi connectivity index (χ3n) is 3.17. The Morgan fingerprint density at radius 2 is 2.08 bits per heavy atom. The maximum absolute atomic E-state index is 12.3. The summed E-state index contributed by atoms with van der Waals surface area (Å²) in [6.07, 6.45) is 1.59. The van der Waals surface area contributed by atoms with Gasteiger partial charge in [0.25, 0.3) is 0 Å². The summed E-state index contributed by atoms with van der Waals surface area (Å²) in [5, 5.41) is 7.40. The van der Waals surface area contributed by atoms with Gasteiger partial charge < -0.3 is 14.8 Å². The molecule has 8 heteroatoms. The fraction of sp³-hybridized carbons (Fsp3) is 0.167. The summed E-state index contributed by atoms with van der Waals surface area (Å²) < 4.78 is 11.5. The minimum Gasteiger partial charge on any atom is -0.493 e. The van der Waals surface area contributed by atoms with Crippen molar-refractivity contribution in [2.24, 2.45) is 5.10 Å². The fourth-order valence-electron chi connectivity index (χ4n) is 1.99. The maximum atomic E-state index is 12.3. The molecule has 0 aliphatic heterocycles. The van der Waals surface area contributed by atoms with Gasteiger partial charge in [-0.25, -0.2) is 4.79 Å². The molecule has 26 heavy (non-hydrogen) atoms. The quantitative estimate of drug-likeness (QED) is 0.238. The van der Waals surface area contributed by atoms with Gasteiger partial charge in [0, 0.05) is 11.0 Å². The lowest BCUT2D eigenvalue weighted by Crippen LogP contribution is -2.31. The van der Waals surface area contributed by atoms with Crippen LogP contribution in [0, 0.1) is 0 Å². The molecule has 0 aliphatic rings. The van der Waals surface area contributed by atoms with E-state index in [0.717, 1.165) is 10.0 Å². The number of rotatable bonds is 6. The van der Waals surface area contributed by atoms with E-state index in [0.29, 0.717) is 28.7 Å². The Balaban J connectivity index is 2.09. The zero-order valence-corrected chi connectivity index (χ0v) is 16.7. The lowest BCUT2D eigenvalue weighted by Gasteiger charge is -2.10. The highest BCUT2D eigenvalue weighted by molar-refractivity contribution is 9.10. The second-order valence-corrected chi connectivity index (χ2v) is 6.36. The Labute approximate surface area is 165 Å². The molecule has 2 N–H and O–H groups in total. The second-order valence-electron chi connectivity index (χ2n) is 5.04. The van der Waals surface area contributed by atoms with E-state index in [2.05, 4.69) is 31.8 Å². The molecule has 2 aromatic carbocycles. The molecule has 0 fully saturated rings. The molecule has 0 unspecified atom stereocenters. The smallest absolute Gasteiger partial charge is 0.343 e. The van der Waals surface area contributed by atoms with Crippen molar-refractivity contribution in [1.29, 1.82) is 0 Å². The number of hydrogen-bond donors (Lipinski definition) is 2. The van der Waals surface area contributed by atoms with Crippen molar-refractivity contribution in [1.82, 2.24) is 10.7 Å². The summed E-state index contributed by atoms with van der Waals surface area (Å²) in [5.74, 6) is 0.279. The van der Waals surface area contributed by atoms with E-state index in [1.54, 1.807) is 42.6 Å². The monoisotopic (exact) mass is 435 g/mol. The van der Waals surface area contributed by atoms with Crippen LogP contribution in [0.5, 0.6) is 11.5 Å². The molecule has 6 nitrogen and oxygen atoms in total. The summed E-state index contributed by atoms with van der Waals surface area (Å²) in [7, 11) is 1.51. The van der Waals surface area contributed by atoms with Crippen LogP contribution in [0.25, 0.3) is 0 Å². The maximum Gasteiger partial charge on any atom is 0.343 e. The Bertz CT molecular complexity index is 827. The summed E-state index contributed by atoms with van der Waals surface area (Å²) in [6.45, 7) is 2.66. The van der Waals surface area contributed by atoms with E-state index in [4.69, 9.17) is 21.7 Å². The van der Waals surface area contributed by atoms with Crippen LogP contribution < -0.4 is 20.2 Å². The standard InChI is InChI=1S/C18H18BrN3O3S/c1-3-20-18(26)22-21-11-12-7-8-15(16(9-12)24-2)25-17(23)13-5-4-6-14(19)10-13/h4-11H,3H2,1-2H3,(H2,20,22,26)/b21-11-. The number of nitrogens with one attached hydrogen (secondary N) is 2. The van der Waals surface area contributed by atoms with E-state index in [1.807, 2.05) is 13.0 Å². The molecule has 0 spiro atoms. The van der Waals surface area contributed by atoms with Crippen molar-refractivity contribution >= 4 is 45.4 Å². The van der Waals surface area contributed by atoms with Crippen LogP contribution in [0.1, 0.15) is 22.8 Å². The van der Waals surface area contributed by atoms with Gasteiger partial charge in [-0.3, -0.25) is 5.43 Å². The van der Waals surface area contributed by atoms with Gasteiger partial charge in [-0.05, 0) is 61.1 Å². The minimum absolute atomic E-state index is 0.325. The largest absolute Gasteiger partial charge is 0.493 e. The molecule has 0 amide bonds. The van der Waals surface area contributed by atoms with Gasteiger partial charge in [0.1, 0.15) is 0 Å². The normalized spacial score (nSPS) is 10.4. The van der Waals surface area contributed by atoms with Crippen LogP contribution in [0.15, 0.2) is 52.0 Å². The summed E-state index contributed by atoms with van der Waals surface area (Å²) >= 11 is 8.35. The van der Waals surface area contributed by atoms with E-state index >= 15 is 0 Å². The number of carbonyl (C=O) groups is 1. The topological polar surface area (TPSA) is 72.0 Å². The first-order chi connectivity index (χ1) is 12.5. The highest BCUT2D eigenvalue weighted by Gasteiger charge is 2.13. The number of methoxy groups -OCH3 is 1. The lowest BCUT2D eigenvalue weighted by molar-refractivity contribution is 0.0729. The van der Waals surface area contributed by atoms with E-state index in [9.17, 15) is 4.79 Å². The predicted molar refractivity (Wildman–Crippen MR) is 109 cm³/mol. The third-order valence-corrected chi connectivity index (χ3v) is 3.90. The number of hydrazone groups is 1. The lowest BCUT2D eigenvalue weighted by atomic mass is 10.2. The van der Waals surface area contributed by atoms with Gasteiger partial charge in [0.05, 0.1) is 18.9 Å². The first-order valence-electron chi connectivity index (χ1n) is 7.76. The van der Waals surface area contributed by atoms with Gasteiger partial charge >= 0.3 is 5.97 Å². The van der Waals surface area contributed by atoms with Gasteiger partial charge in [-0.2, -0.15) is 5.10 Å². The molecule has 0 atom stereocenters. The molecule has 0 heterocycles. The zero-order valence-electron chi connectivity index (χ0n) is 14.3. The van der Waals surface area contributed by atoms with Crippen molar-refractivity contribution in [3.63, 3.8) is 0 Å². The molecule has 0 aromatic heterocycles. The fourth-order valence-corrected chi connectivity index (χ4v) is 2.58.